The summed E-state index contributed by atoms with van der Waals surface area (Å²) in [5.74, 6) is 1.81. The molecule has 12 rings (SSSR count). The summed E-state index contributed by atoms with van der Waals surface area (Å²) in [6, 6.07) is 62.7. The predicted molar refractivity (Wildman–Crippen MR) is 230 cm³/mol. The van der Waals surface area contributed by atoms with Crippen molar-refractivity contribution in [2.24, 2.45) is 0 Å². The Bertz CT molecular complexity index is 3410. The van der Waals surface area contributed by atoms with Crippen LogP contribution in [-0.4, -0.2) is 19.5 Å². The van der Waals surface area contributed by atoms with Crippen LogP contribution in [0, 0.1) is 0 Å². The van der Waals surface area contributed by atoms with Crippen molar-refractivity contribution in [1.29, 1.82) is 0 Å². The van der Waals surface area contributed by atoms with Crippen molar-refractivity contribution in [3.05, 3.63) is 182 Å². The van der Waals surface area contributed by atoms with Crippen LogP contribution >= 0.6 is 0 Å². The van der Waals surface area contributed by atoms with Gasteiger partial charge in [-0.1, -0.05) is 127 Å². The lowest BCUT2D eigenvalue weighted by atomic mass is 9.96. The van der Waals surface area contributed by atoms with Crippen LogP contribution in [0.2, 0.25) is 0 Å². The molecule has 8 aromatic carbocycles. The number of benzene rings is 8. The molecule has 266 valence electrons. The van der Waals surface area contributed by atoms with Gasteiger partial charge in [0.2, 0.25) is 0 Å². The van der Waals surface area contributed by atoms with E-state index in [1.54, 1.807) is 0 Å². The van der Waals surface area contributed by atoms with E-state index in [0.717, 1.165) is 88.4 Å². The first-order valence-electron chi connectivity index (χ1n) is 19.0. The highest BCUT2D eigenvalue weighted by molar-refractivity contribution is 6.16. The van der Waals surface area contributed by atoms with Gasteiger partial charge in [-0.3, -0.25) is 0 Å². The van der Waals surface area contributed by atoms with Crippen molar-refractivity contribution in [2.75, 3.05) is 0 Å². The molecule has 4 aromatic heterocycles. The zero-order chi connectivity index (χ0) is 37.5. The highest BCUT2D eigenvalue weighted by Crippen LogP contribution is 2.43. The highest BCUT2D eigenvalue weighted by atomic mass is 16.3. The van der Waals surface area contributed by atoms with E-state index < -0.39 is 0 Å². The number of furan rings is 2. The summed E-state index contributed by atoms with van der Waals surface area (Å²) < 4.78 is 15.5. The molecule has 0 unspecified atom stereocenters. The molecule has 0 bridgehead atoms. The van der Waals surface area contributed by atoms with Gasteiger partial charge in [-0.2, -0.15) is 0 Å². The fraction of sp³-hybridized carbons (Fsp3) is 0. The summed E-state index contributed by atoms with van der Waals surface area (Å²) in [4.78, 5) is 14.9. The summed E-state index contributed by atoms with van der Waals surface area (Å²) in [6.07, 6.45) is 0. The van der Waals surface area contributed by atoms with Crippen LogP contribution in [0.15, 0.2) is 191 Å². The molecule has 6 heteroatoms. The number of nitrogens with zero attached hydrogens (tertiary/aromatic N) is 4. The van der Waals surface area contributed by atoms with Gasteiger partial charge in [-0.05, 0) is 59.7 Å². The van der Waals surface area contributed by atoms with Crippen molar-refractivity contribution in [1.82, 2.24) is 19.5 Å². The Morgan fingerprint density at radius 1 is 0.333 bits per heavy atom. The number of fused-ring (bicyclic) bond motifs is 9. The van der Waals surface area contributed by atoms with E-state index in [1.165, 1.54) is 10.8 Å². The second kappa shape index (κ2) is 12.3. The molecular weight excluding hydrogens is 701 g/mol. The minimum atomic E-state index is 0.577. The molecule has 0 N–H and O–H groups in total. The molecule has 0 aliphatic heterocycles. The maximum absolute atomic E-state index is 6.91. The van der Waals surface area contributed by atoms with Crippen molar-refractivity contribution >= 4 is 65.7 Å². The number of hydrogen-bond acceptors (Lipinski definition) is 5. The largest absolute Gasteiger partial charge is 0.456 e. The van der Waals surface area contributed by atoms with Crippen molar-refractivity contribution in [3.63, 3.8) is 0 Å². The van der Waals surface area contributed by atoms with E-state index in [4.69, 9.17) is 23.8 Å². The van der Waals surface area contributed by atoms with Gasteiger partial charge >= 0.3 is 0 Å². The summed E-state index contributed by atoms with van der Waals surface area (Å²) >= 11 is 0. The number of para-hydroxylation sites is 3. The first-order valence-corrected chi connectivity index (χ1v) is 19.0. The van der Waals surface area contributed by atoms with Crippen LogP contribution in [-0.2, 0) is 0 Å². The Kier molecular flexibility index (Phi) is 6.83. The third-order valence-corrected chi connectivity index (χ3v) is 11.0. The second-order valence-corrected chi connectivity index (χ2v) is 14.4. The average molecular weight is 731 g/mol. The van der Waals surface area contributed by atoms with Crippen molar-refractivity contribution < 1.29 is 8.83 Å². The lowest BCUT2D eigenvalue weighted by molar-refractivity contribution is 0.668. The lowest BCUT2D eigenvalue weighted by Crippen LogP contribution is -2.00. The van der Waals surface area contributed by atoms with Crippen LogP contribution in [0.5, 0.6) is 0 Å². The smallest absolute Gasteiger partial charge is 0.164 e. The molecule has 0 spiro atoms. The normalized spacial score (nSPS) is 11.9. The van der Waals surface area contributed by atoms with Crippen LogP contribution in [0.4, 0.5) is 0 Å². The SMILES string of the molecule is c1ccc(-c2nc(-c3ccccc3)nc(-c3ccc4c(c3)oc3cc(-n5c6ccccc6c6ccccc65)cc(-c5ccc6oc7ccccc7c6c5)c34)n2)cc1. The fourth-order valence-corrected chi connectivity index (χ4v) is 8.42. The molecule has 57 heavy (non-hydrogen) atoms. The molecule has 0 aliphatic rings. The van der Waals surface area contributed by atoms with E-state index in [2.05, 4.69) is 114 Å². The predicted octanol–water partition coefficient (Wildman–Crippen LogP) is 13.4. The van der Waals surface area contributed by atoms with Gasteiger partial charge < -0.3 is 13.4 Å². The van der Waals surface area contributed by atoms with Crippen LogP contribution in [0.3, 0.4) is 0 Å². The van der Waals surface area contributed by atoms with Crippen LogP contribution in [0.25, 0.3) is 117 Å². The maximum Gasteiger partial charge on any atom is 0.164 e. The Morgan fingerprint density at radius 3 is 1.56 bits per heavy atom. The highest BCUT2D eigenvalue weighted by Gasteiger charge is 2.21. The standard InChI is InChI=1S/C51H30N4O2/c1-3-13-31(14-4-1)49-52-50(32-15-5-2-6-16-32)54-51(53-49)34-23-25-39-46(28-34)57-47-30-35(55-42-20-10-7-17-36(42)37-18-8-11-21-43(37)55)29-40(48(39)47)33-24-26-45-41(27-33)38-19-9-12-22-44(38)56-45/h1-30H. The van der Waals surface area contributed by atoms with E-state index in [1.807, 2.05) is 72.8 Å². The molecule has 6 nitrogen and oxygen atoms in total. The first kappa shape index (κ1) is 31.5. The summed E-state index contributed by atoms with van der Waals surface area (Å²) in [6.45, 7) is 0. The van der Waals surface area contributed by atoms with E-state index >= 15 is 0 Å². The zero-order valence-corrected chi connectivity index (χ0v) is 30.4. The Morgan fingerprint density at radius 2 is 0.877 bits per heavy atom. The molecule has 0 fully saturated rings. The minimum Gasteiger partial charge on any atom is -0.456 e. The Hall–Kier alpha value is -7.83. The van der Waals surface area contributed by atoms with Gasteiger partial charge in [-0.25, -0.2) is 15.0 Å². The van der Waals surface area contributed by atoms with Crippen LogP contribution < -0.4 is 0 Å². The molecule has 12 aromatic rings. The van der Waals surface area contributed by atoms with Gasteiger partial charge in [0, 0.05) is 55.1 Å². The molecule has 0 aliphatic carbocycles. The first-order chi connectivity index (χ1) is 28.2. The fourth-order valence-electron chi connectivity index (χ4n) is 8.42. The summed E-state index contributed by atoms with van der Waals surface area (Å²) in [5, 5.41) is 6.63. The molecule has 4 heterocycles. The number of hydrogen-bond donors (Lipinski definition) is 0. The Balaban J connectivity index is 1.11. The molecule has 0 saturated carbocycles. The number of rotatable bonds is 5. The second-order valence-electron chi connectivity index (χ2n) is 14.4. The van der Waals surface area contributed by atoms with Gasteiger partial charge in [0.15, 0.2) is 17.5 Å². The third kappa shape index (κ3) is 5.01. The average Bonchev–Trinajstić information content (AvgIpc) is 3.95. The topological polar surface area (TPSA) is 69.9 Å². The molecule has 0 radical (unpaired) electrons. The summed E-state index contributed by atoms with van der Waals surface area (Å²) in [5.41, 5.74) is 11.4. The van der Waals surface area contributed by atoms with Crippen molar-refractivity contribution in [2.45, 2.75) is 0 Å². The van der Waals surface area contributed by atoms with E-state index in [9.17, 15) is 0 Å². The zero-order valence-electron chi connectivity index (χ0n) is 30.4. The maximum atomic E-state index is 6.91. The van der Waals surface area contributed by atoms with Gasteiger partial charge in [0.05, 0.1) is 16.7 Å². The Labute approximate surface area is 325 Å². The molecule has 0 amide bonds. The van der Waals surface area contributed by atoms with Gasteiger partial charge in [0.1, 0.15) is 22.3 Å². The van der Waals surface area contributed by atoms with Crippen LogP contribution in [0.1, 0.15) is 0 Å². The number of aromatic nitrogens is 4. The molecule has 0 saturated heterocycles. The van der Waals surface area contributed by atoms with Gasteiger partial charge in [-0.15, -0.1) is 0 Å². The van der Waals surface area contributed by atoms with Gasteiger partial charge in [0.25, 0.3) is 0 Å². The van der Waals surface area contributed by atoms with E-state index in [-0.39, 0.29) is 0 Å². The summed E-state index contributed by atoms with van der Waals surface area (Å²) in [7, 11) is 0. The monoisotopic (exact) mass is 730 g/mol. The van der Waals surface area contributed by atoms with E-state index in [0.29, 0.717) is 17.5 Å². The quantitative estimate of drug-likeness (QED) is 0.176. The lowest BCUT2D eigenvalue weighted by Gasteiger charge is -2.12. The minimum absolute atomic E-state index is 0.577. The third-order valence-electron chi connectivity index (χ3n) is 11.0. The molecule has 0 atom stereocenters. The molecular formula is C51H30N4O2. The van der Waals surface area contributed by atoms with Crippen molar-refractivity contribution in [3.8, 4) is 51.0 Å².